The van der Waals surface area contributed by atoms with Gasteiger partial charge in [0.15, 0.2) is 0 Å². The summed E-state index contributed by atoms with van der Waals surface area (Å²) in [5.41, 5.74) is -0.202. The van der Waals surface area contributed by atoms with E-state index in [1.807, 2.05) is 37.3 Å². The third-order valence-electron chi connectivity index (χ3n) is 9.54. The smallest absolute Gasteiger partial charge is 0.306 e. The molecule has 2 bridgehead atoms. The fraction of sp³-hybridized carbons (Fsp3) is 0.444. The molecule has 1 spiro atoms. The number of aliphatic hydroxyl groups excluding tert-OH is 1. The van der Waals surface area contributed by atoms with Crippen LogP contribution in [-0.4, -0.2) is 82.1 Å². The van der Waals surface area contributed by atoms with E-state index in [0.717, 1.165) is 5.56 Å². The van der Waals surface area contributed by atoms with Gasteiger partial charge >= 0.3 is 5.97 Å². The van der Waals surface area contributed by atoms with Gasteiger partial charge in [-0.15, -0.1) is 13.2 Å². The van der Waals surface area contributed by atoms with Crippen molar-refractivity contribution in [1.29, 1.82) is 0 Å². The van der Waals surface area contributed by atoms with Crippen LogP contribution in [0.3, 0.4) is 0 Å². The van der Waals surface area contributed by atoms with Crippen LogP contribution in [-0.2, 0) is 28.7 Å². The number of anilines is 1. The van der Waals surface area contributed by atoms with Gasteiger partial charge in [-0.3, -0.25) is 19.2 Å². The zero-order valence-electron chi connectivity index (χ0n) is 26.8. The van der Waals surface area contributed by atoms with E-state index in [9.17, 15) is 24.3 Å². The Balaban J connectivity index is 1.51. The number of benzene rings is 2. The number of esters is 1. The van der Waals surface area contributed by atoms with E-state index in [4.69, 9.17) is 21.1 Å². The highest BCUT2D eigenvalue weighted by Gasteiger charge is 2.77. The topological polar surface area (TPSA) is 125 Å². The lowest BCUT2D eigenvalue weighted by atomic mass is 9.70. The predicted molar refractivity (Wildman–Crippen MR) is 185 cm³/mol. The molecule has 0 aromatic heterocycles. The van der Waals surface area contributed by atoms with Crippen molar-refractivity contribution < 1.29 is 33.8 Å². The van der Waals surface area contributed by atoms with Crippen molar-refractivity contribution in [1.82, 2.24) is 10.2 Å². The van der Waals surface area contributed by atoms with Crippen LogP contribution >= 0.6 is 27.5 Å². The minimum atomic E-state index is -1.36. The number of rotatable bonds is 15. The average molecular weight is 743 g/mol. The number of ether oxygens (including phenoxy) is 2. The second-order valence-corrected chi connectivity index (χ2v) is 13.9. The molecule has 3 fully saturated rings. The number of fused-ring (bicyclic) bond motifs is 1. The molecule has 3 aliphatic heterocycles. The number of carbonyl (C=O) groups excluding carboxylic acids is 4. The standard InChI is InChI=1S/C36H41BrClN3O7/c1-4-7-17-28(43)47-21-26(22-13-9-8-10-14-22)39-33(44)29-30-34(45)41(23(6-3)20-42)32(36(30)19-24(37)31(29)48-36)35(46)40(18-5-2)27-16-12-11-15-25(27)38/h4-5,8-16,23-24,26,29-32,42H,1-2,6-7,17-21H2,3H3,(H,39,44)/t23-,24?,26+,29-,30+,31-,32-,36+/m0/s1. The lowest BCUT2D eigenvalue weighted by Gasteiger charge is -2.39. The molecule has 0 aliphatic carbocycles. The van der Waals surface area contributed by atoms with Crippen LogP contribution in [0.15, 0.2) is 79.9 Å². The van der Waals surface area contributed by atoms with Crippen LogP contribution in [0.5, 0.6) is 0 Å². The van der Waals surface area contributed by atoms with E-state index >= 15 is 0 Å². The molecule has 3 aliphatic rings. The maximum Gasteiger partial charge on any atom is 0.306 e. The fourth-order valence-electron chi connectivity index (χ4n) is 7.35. The van der Waals surface area contributed by atoms with E-state index in [1.165, 1.54) is 9.80 Å². The monoisotopic (exact) mass is 741 g/mol. The normalized spacial score (nSPS) is 26.8. The van der Waals surface area contributed by atoms with Crippen LogP contribution in [0.2, 0.25) is 5.02 Å². The Hall–Kier alpha value is -3.51. The average Bonchev–Trinajstić information content (AvgIpc) is 3.69. The number of nitrogens with zero attached hydrogens (tertiary/aromatic N) is 2. The first-order valence-corrected chi connectivity index (χ1v) is 17.5. The first-order valence-electron chi connectivity index (χ1n) is 16.2. The Morgan fingerprint density at radius 2 is 1.90 bits per heavy atom. The van der Waals surface area contributed by atoms with Crippen molar-refractivity contribution >= 4 is 56.9 Å². The molecule has 3 heterocycles. The van der Waals surface area contributed by atoms with Crippen molar-refractivity contribution in [3.8, 4) is 0 Å². The van der Waals surface area contributed by atoms with Gasteiger partial charge in [0.25, 0.3) is 5.91 Å². The summed E-state index contributed by atoms with van der Waals surface area (Å²) >= 11 is 10.3. The van der Waals surface area contributed by atoms with Crippen molar-refractivity contribution in [2.24, 2.45) is 11.8 Å². The zero-order chi connectivity index (χ0) is 34.6. The molecule has 0 saturated carbocycles. The van der Waals surface area contributed by atoms with Crippen LogP contribution < -0.4 is 10.2 Å². The van der Waals surface area contributed by atoms with Gasteiger partial charge in [-0.05, 0) is 37.0 Å². The van der Waals surface area contributed by atoms with E-state index in [0.29, 0.717) is 30.0 Å². The van der Waals surface area contributed by atoms with Crippen molar-refractivity contribution in [3.05, 3.63) is 90.5 Å². The first-order chi connectivity index (χ1) is 23.1. The molecule has 48 heavy (non-hydrogen) atoms. The van der Waals surface area contributed by atoms with Crippen molar-refractivity contribution in [2.45, 2.75) is 67.3 Å². The predicted octanol–water partition coefficient (Wildman–Crippen LogP) is 4.74. The second-order valence-electron chi connectivity index (χ2n) is 12.3. The number of alkyl halides is 1. The molecule has 256 valence electrons. The Bertz CT molecular complexity index is 1540. The minimum absolute atomic E-state index is 0.104. The molecule has 5 rings (SSSR count). The number of para-hydroxylation sites is 1. The number of aliphatic hydroxyl groups is 1. The van der Waals surface area contributed by atoms with Crippen LogP contribution in [0.4, 0.5) is 5.69 Å². The Morgan fingerprint density at radius 3 is 2.54 bits per heavy atom. The van der Waals surface area contributed by atoms with E-state index in [1.54, 1.807) is 36.4 Å². The largest absolute Gasteiger partial charge is 0.463 e. The van der Waals surface area contributed by atoms with E-state index < -0.39 is 65.4 Å². The molecule has 0 radical (unpaired) electrons. The van der Waals surface area contributed by atoms with Gasteiger partial charge in [0.2, 0.25) is 11.8 Å². The molecule has 2 N–H and O–H groups in total. The number of hydrogen-bond donors (Lipinski definition) is 2. The molecule has 2 aromatic rings. The third kappa shape index (κ3) is 6.57. The Kier molecular flexibility index (Phi) is 11.5. The second kappa shape index (κ2) is 15.4. The number of amides is 3. The summed E-state index contributed by atoms with van der Waals surface area (Å²) in [6, 6.07) is 13.5. The molecule has 1 unspecified atom stereocenters. The molecule has 3 saturated heterocycles. The quantitative estimate of drug-likeness (QED) is 0.154. The molecule has 2 aromatic carbocycles. The summed E-state index contributed by atoms with van der Waals surface area (Å²) in [5, 5.41) is 13.8. The number of hydrogen-bond acceptors (Lipinski definition) is 7. The van der Waals surface area contributed by atoms with Crippen LogP contribution in [0.1, 0.15) is 44.2 Å². The molecule has 12 heteroatoms. The Labute approximate surface area is 294 Å². The van der Waals surface area contributed by atoms with Crippen molar-refractivity contribution in [2.75, 3.05) is 24.7 Å². The summed E-state index contributed by atoms with van der Waals surface area (Å²) < 4.78 is 12.2. The van der Waals surface area contributed by atoms with Gasteiger partial charge < -0.3 is 29.7 Å². The molecular weight excluding hydrogens is 702 g/mol. The third-order valence-corrected chi connectivity index (χ3v) is 10.7. The minimum Gasteiger partial charge on any atom is -0.463 e. The maximum absolute atomic E-state index is 14.8. The summed E-state index contributed by atoms with van der Waals surface area (Å²) in [6.07, 6.45) is 3.77. The summed E-state index contributed by atoms with van der Waals surface area (Å²) in [4.78, 5) is 58.6. The summed E-state index contributed by atoms with van der Waals surface area (Å²) in [6.45, 7) is 8.91. The number of halogens is 2. The van der Waals surface area contributed by atoms with Gasteiger partial charge in [-0.2, -0.15) is 0 Å². The summed E-state index contributed by atoms with van der Waals surface area (Å²) in [5.74, 6) is -3.73. The number of nitrogens with one attached hydrogen (secondary N) is 1. The van der Waals surface area contributed by atoms with Crippen LogP contribution in [0.25, 0.3) is 0 Å². The van der Waals surface area contributed by atoms with E-state index in [-0.39, 0.29) is 31.0 Å². The van der Waals surface area contributed by atoms with Crippen molar-refractivity contribution in [3.63, 3.8) is 0 Å². The molecule has 10 nitrogen and oxygen atoms in total. The highest BCUT2D eigenvalue weighted by Crippen LogP contribution is 2.60. The highest BCUT2D eigenvalue weighted by atomic mass is 79.9. The highest BCUT2D eigenvalue weighted by molar-refractivity contribution is 9.09. The van der Waals surface area contributed by atoms with Gasteiger partial charge in [-0.25, -0.2) is 0 Å². The summed E-state index contributed by atoms with van der Waals surface area (Å²) in [7, 11) is 0. The SMILES string of the molecule is C=CCCC(=O)OC[C@@H](NC(=O)[C@@H]1[C@H]2O[C@@]3(CC2Br)[C@H](C(=O)N(CC=C)c2ccccc2Cl)N([C@@H](CC)CO)C(=O)[C@@H]13)c1ccccc1. The zero-order valence-corrected chi connectivity index (χ0v) is 29.1. The van der Waals surface area contributed by atoms with Gasteiger partial charge in [0, 0.05) is 17.8 Å². The van der Waals surface area contributed by atoms with Gasteiger partial charge in [-0.1, -0.05) is 89.1 Å². The van der Waals surface area contributed by atoms with Gasteiger partial charge in [0.05, 0.1) is 47.3 Å². The molecule has 8 atom stereocenters. The van der Waals surface area contributed by atoms with E-state index in [2.05, 4.69) is 34.4 Å². The lowest BCUT2D eigenvalue weighted by Crippen LogP contribution is -2.59. The maximum atomic E-state index is 14.8. The van der Waals surface area contributed by atoms with Gasteiger partial charge in [0.1, 0.15) is 18.2 Å². The fourth-order valence-corrected chi connectivity index (χ4v) is 8.53. The number of likely N-dealkylation sites (tertiary alicyclic amines) is 1. The first kappa shape index (κ1) is 35.8. The lowest BCUT2D eigenvalue weighted by molar-refractivity contribution is -0.146. The number of carbonyl (C=O) groups is 4. The molecule has 3 amide bonds. The Morgan fingerprint density at radius 1 is 1.19 bits per heavy atom. The van der Waals surface area contributed by atoms with Crippen LogP contribution in [0, 0.1) is 11.8 Å². The number of allylic oxidation sites excluding steroid dienone is 1. The molecular formula is C36H41BrClN3O7.